The number of Topliss-reactive ketones (excluding diaryl/α,β-unsaturated/α-hetero) is 1. The lowest BCUT2D eigenvalue weighted by Crippen LogP contribution is -2.12. The monoisotopic (exact) mass is 386 g/mol. The number of allylic oxidation sites excluding steroid dienone is 9. The first kappa shape index (κ1) is 25.5. The third kappa shape index (κ3) is 11.0. The predicted molar refractivity (Wildman–Crippen MR) is 125 cm³/mol. The molecule has 0 saturated carbocycles. The summed E-state index contributed by atoms with van der Waals surface area (Å²) in [7, 11) is 0. The van der Waals surface area contributed by atoms with Gasteiger partial charge in [-0.2, -0.15) is 0 Å². The molecular weight excluding hydrogens is 348 g/mol. The van der Waals surface area contributed by atoms with Gasteiger partial charge < -0.3 is 0 Å². The number of carbonyl (C=O) groups excluding carboxylic acids is 1. The van der Waals surface area contributed by atoms with Crippen LogP contribution >= 0.6 is 11.8 Å². The van der Waals surface area contributed by atoms with Gasteiger partial charge in [-0.1, -0.05) is 104 Å². The Morgan fingerprint density at radius 3 is 2.11 bits per heavy atom. The molecule has 0 saturated heterocycles. The molecule has 0 spiro atoms. The van der Waals surface area contributed by atoms with Crippen molar-refractivity contribution in [3.63, 3.8) is 0 Å². The van der Waals surface area contributed by atoms with E-state index in [4.69, 9.17) is 0 Å². The number of carbonyl (C=O) groups is 1. The maximum Gasteiger partial charge on any atom is 0.143 e. The lowest BCUT2D eigenvalue weighted by molar-refractivity contribution is -0.120. The minimum atomic E-state index is -0.116. The molecule has 0 radical (unpaired) electrons. The first-order chi connectivity index (χ1) is 12.5. The standard InChI is InChI=1S/C25H38OS/c1-10-14-21(24(5,6)7)16-13-17-23(26)20(4)18-19-22(15-11-2)27-25(8,9)12-3/h10-11,13-16,18-20H,1-2,12,17H2,3-9H3/b16-13-,19-18-,21-14+,22-15+. The summed E-state index contributed by atoms with van der Waals surface area (Å²) in [6.07, 6.45) is 17.2. The highest BCUT2D eigenvalue weighted by Crippen LogP contribution is 2.35. The average Bonchev–Trinajstić information content (AvgIpc) is 2.57. The molecule has 1 unspecified atom stereocenters. The van der Waals surface area contributed by atoms with Crippen LogP contribution in [0.2, 0.25) is 0 Å². The van der Waals surface area contributed by atoms with Crippen molar-refractivity contribution in [2.45, 2.75) is 66.1 Å². The summed E-state index contributed by atoms with van der Waals surface area (Å²) in [4.78, 5) is 13.6. The van der Waals surface area contributed by atoms with Gasteiger partial charge in [0.05, 0.1) is 0 Å². The Bertz CT molecular complexity index is 621. The largest absolute Gasteiger partial charge is 0.299 e. The third-order valence-corrected chi connectivity index (χ3v) is 5.71. The van der Waals surface area contributed by atoms with Gasteiger partial charge in [-0.15, -0.1) is 11.8 Å². The minimum Gasteiger partial charge on any atom is -0.299 e. The molecule has 0 heterocycles. The normalized spacial score (nSPS) is 15.4. The maximum absolute atomic E-state index is 12.5. The number of hydrogen-bond acceptors (Lipinski definition) is 2. The van der Waals surface area contributed by atoms with Crippen molar-refractivity contribution < 1.29 is 4.79 Å². The van der Waals surface area contributed by atoms with Crippen molar-refractivity contribution in [3.05, 3.63) is 72.2 Å². The molecule has 27 heavy (non-hydrogen) atoms. The van der Waals surface area contributed by atoms with Crippen molar-refractivity contribution in [2.75, 3.05) is 0 Å². The van der Waals surface area contributed by atoms with Gasteiger partial charge in [-0.05, 0) is 23.5 Å². The highest BCUT2D eigenvalue weighted by atomic mass is 32.2. The van der Waals surface area contributed by atoms with Crippen LogP contribution in [0, 0.1) is 11.3 Å². The quantitative estimate of drug-likeness (QED) is 0.336. The zero-order valence-electron chi connectivity index (χ0n) is 18.3. The Morgan fingerprint density at radius 2 is 1.63 bits per heavy atom. The van der Waals surface area contributed by atoms with Gasteiger partial charge in [0.1, 0.15) is 5.78 Å². The van der Waals surface area contributed by atoms with E-state index in [9.17, 15) is 4.79 Å². The van der Waals surface area contributed by atoms with Crippen LogP contribution in [0.3, 0.4) is 0 Å². The van der Waals surface area contributed by atoms with Crippen LogP contribution in [0.15, 0.2) is 72.2 Å². The molecule has 0 aliphatic carbocycles. The second kappa shape index (κ2) is 12.0. The average molecular weight is 387 g/mol. The summed E-state index contributed by atoms with van der Waals surface area (Å²) in [6.45, 7) is 22.6. The van der Waals surface area contributed by atoms with Crippen molar-refractivity contribution in [2.24, 2.45) is 11.3 Å². The summed E-state index contributed by atoms with van der Waals surface area (Å²) in [5.74, 6) is 0.0988. The number of hydrogen-bond donors (Lipinski definition) is 0. The molecule has 0 N–H and O–H groups in total. The lowest BCUT2D eigenvalue weighted by Gasteiger charge is -2.22. The van der Waals surface area contributed by atoms with Crippen LogP contribution in [0.1, 0.15) is 61.3 Å². The Labute approximate surface area is 172 Å². The Balaban J connectivity index is 4.98. The van der Waals surface area contributed by atoms with Gasteiger partial charge in [-0.3, -0.25) is 4.79 Å². The molecule has 0 aromatic carbocycles. The zero-order valence-corrected chi connectivity index (χ0v) is 19.2. The van der Waals surface area contributed by atoms with Gasteiger partial charge in [0.2, 0.25) is 0 Å². The summed E-state index contributed by atoms with van der Waals surface area (Å²) in [5, 5.41) is 0. The van der Waals surface area contributed by atoms with Crippen LogP contribution < -0.4 is 0 Å². The molecule has 0 aliphatic heterocycles. The molecular formula is C25H38OS. The molecule has 1 atom stereocenters. The molecule has 0 rings (SSSR count). The van der Waals surface area contributed by atoms with E-state index in [1.54, 1.807) is 12.2 Å². The van der Waals surface area contributed by atoms with Crippen molar-refractivity contribution in [1.29, 1.82) is 0 Å². The van der Waals surface area contributed by atoms with Gasteiger partial charge in [0.25, 0.3) is 0 Å². The van der Waals surface area contributed by atoms with Crippen LogP contribution in [0.5, 0.6) is 0 Å². The van der Waals surface area contributed by atoms with Crippen LogP contribution in [0.25, 0.3) is 0 Å². The number of thioether (sulfide) groups is 1. The molecule has 2 heteroatoms. The van der Waals surface area contributed by atoms with E-state index in [1.807, 2.05) is 55.1 Å². The number of rotatable bonds is 11. The van der Waals surface area contributed by atoms with Gasteiger partial charge >= 0.3 is 0 Å². The van der Waals surface area contributed by atoms with Crippen molar-refractivity contribution in [1.82, 2.24) is 0 Å². The van der Waals surface area contributed by atoms with Crippen molar-refractivity contribution >= 4 is 17.5 Å². The van der Waals surface area contributed by atoms with Crippen molar-refractivity contribution in [3.8, 4) is 0 Å². The van der Waals surface area contributed by atoms with Gasteiger partial charge in [-0.25, -0.2) is 0 Å². The fourth-order valence-corrected chi connectivity index (χ4v) is 3.24. The van der Waals surface area contributed by atoms with Crippen LogP contribution in [-0.2, 0) is 4.79 Å². The highest BCUT2D eigenvalue weighted by molar-refractivity contribution is 8.04. The Kier molecular flexibility index (Phi) is 11.3. The third-order valence-electron chi connectivity index (χ3n) is 4.36. The van der Waals surface area contributed by atoms with Gasteiger partial charge in [0, 0.05) is 22.0 Å². The molecule has 0 aliphatic rings. The van der Waals surface area contributed by atoms with E-state index in [1.165, 1.54) is 5.57 Å². The summed E-state index contributed by atoms with van der Waals surface area (Å²) < 4.78 is 0.163. The SMILES string of the molecule is C=C/C=C(\C=C/C(C)C(=O)C/C=C\C(=C/C=C)C(C)(C)C)SC(C)(C)CC. The molecule has 0 aromatic rings. The predicted octanol–water partition coefficient (Wildman–Crippen LogP) is 7.84. The van der Waals surface area contributed by atoms with E-state index >= 15 is 0 Å². The first-order valence-corrected chi connectivity index (χ1v) is 10.5. The smallest absolute Gasteiger partial charge is 0.143 e. The summed E-state index contributed by atoms with van der Waals surface area (Å²) >= 11 is 1.82. The topological polar surface area (TPSA) is 17.1 Å². The van der Waals surface area contributed by atoms with E-state index in [0.29, 0.717) is 6.42 Å². The van der Waals surface area contributed by atoms with E-state index in [0.717, 1.165) is 11.3 Å². The van der Waals surface area contributed by atoms with Crippen LogP contribution in [0.4, 0.5) is 0 Å². The van der Waals surface area contributed by atoms with Gasteiger partial charge in [0.15, 0.2) is 0 Å². The second-order valence-electron chi connectivity index (χ2n) is 8.35. The molecule has 150 valence electrons. The minimum absolute atomic E-state index is 0.0347. The fourth-order valence-electron chi connectivity index (χ4n) is 2.15. The van der Waals surface area contributed by atoms with E-state index in [-0.39, 0.29) is 21.9 Å². The van der Waals surface area contributed by atoms with E-state index in [2.05, 4.69) is 54.7 Å². The van der Waals surface area contributed by atoms with E-state index < -0.39 is 0 Å². The lowest BCUT2D eigenvalue weighted by atomic mass is 9.85. The first-order valence-electron chi connectivity index (χ1n) is 9.69. The molecule has 1 nitrogen and oxygen atoms in total. The Hall–Kier alpha value is -1.54. The summed E-state index contributed by atoms with van der Waals surface area (Å²) in [5.41, 5.74) is 1.20. The highest BCUT2D eigenvalue weighted by Gasteiger charge is 2.17. The van der Waals surface area contributed by atoms with Crippen LogP contribution in [-0.4, -0.2) is 10.5 Å². The second-order valence-corrected chi connectivity index (χ2v) is 10.1. The molecule has 0 amide bonds. The maximum atomic E-state index is 12.5. The fraction of sp³-hybridized carbons (Fsp3) is 0.480. The zero-order chi connectivity index (χ0) is 21.1. The molecule has 0 fully saturated rings. The number of ketones is 1. The molecule has 0 aromatic heterocycles. The summed E-state index contributed by atoms with van der Waals surface area (Å²) in [6, 6.07) is 0. The Morgan fingerprint density at radius 1 is 1.04 bits per heavy atom. The molecule has 0 bridgehead atoms.